The molecule has 3 nitrogen and oxygen atoms in total. The van der Waals surface area contributed by atoms with Gasteiger partial charge in [0.05, 0.1) is 11.8 Å². The van der Waals surface area contributed by atoms with Crippen molar-refractivity contribution in [3.63, 3.8) is 0 Å². The SMILES string of the molecule is CC(C)c1nc(Cl)c2n1CCCC2O. The van der Waals surface area contributed by atoms with Gasteiger partial charge in [0, 0.05) is 12.5 Å². The number of aliphatic hydroxyl groups excluding tert-OH is 1. The van der Waals surface area contributed by atoms with Crippen LogP contribution in [-0.2, 0) is 6.54 Å². The van der Waals surface area contributed by atoms with Crippen LogP contribution in [0.3, 0.4) is 0 Å². The molecular formula is C10H15ClN2O. The lowest BCUT2D eigenvalue weighted by atomic mass is 10.1. The maximum Gasteiger partial charge on any atom is 0.153 e. The molecule has 0 aromatic carbocycles. The molecule has 0 spiro atoms. The van der Waals surface area contributed by atoms with Crippen molar-refractivity contribution >= 4 is 11.6 Å². The highest BCUT2D eigenvalue weighted by Gasteiger charge is 2.26. The van der Waals surface area contributed by atoms with E-state index in [1.807, 2.05) is 0 Å². The van der Waals surface area contributed by atoms with Gasteiger partial charge in [-0.15, -0.1) is 0 Å². The largest absolute Gasteiger partial charge is 0.387 e. The number of fused-ring (bicyclic) bond motifs is 1. The Balaban J connectivity index is 2.52. The summed E-state index contributed by atoms with van der Waals surface area (Å²) >= 11 is 6.01. The Bertz CT molecular complexity index is 346. The first-order valence-corrected chi connectivity index (χ1v) is 5.43. The third kappa shape index (κ3) is 1.44. The van der Waals surface area contributed by atoms with E-state index in [0.29, 0.717) is 11.1 Å². The number of halogens is 1. The highest BCUT2D eigenvalue weighted by molar-refractivity contribution is 6.30. The van der Waals surface area contributed by atoms with Gasteiger partial charge in [0.2, 0.25) is 0 Å². The fourth-order valence-corrected chi connectivity index (χ4v) is 2.34. The van der Waals surface area contributed by atoms with E-state index in [-0.39, 0.29) is 0 Å². The molecule has 78 valence electrons. The number of imidazole rings is 1. The lowest BCUT2D eigenvalue weighted by Gasteiger charge is -2.22. The highest BCUT2D eigenvalue weighted by Crippen LogP contribution is 2.33. The quantitative estimate of drug-likeness (QED) is 0.780. The summed E-state index contributed by atoms with van der Waals surface area (Å²) in [7, 11) is 0. The molecule has 1 N–H and O–H groups in total. The summed E-state index contributed by atoms with van der Waals surface area (Å²) in [6.07, 6.45) is 1.36. The van der Waals surface area contributed by atoms with E-state index in [1.165, 1.54) is 0 Å². The maximum atomic E-state index is 9.79. The van der Waals surface area contributed by atoms with Crippen LogP contribution in [0.15, 0.2) is 0 Å². The molecule has 2 heterocycles. The second kappa shape index (κ2) is 3.55. The fourth-order valence-electron chi connectivity index (χ4n) is 2.03. The summed E-state index contributed by atoms with van der Waals surface area (Å²) in [5.74, 6) is 1.34. The second-order valence-corrected chi connectivity index (χ2v) is 4.47. The van der Waals surface area contributed by atoms with Gasteiger partial charge in [-0.2, -0.15) is 0 Å². The van der Waals surface area contributed by atoms with Crippen LogP contribution in [0.4, 0.5) is 0 Å². The Morgan fingerprint density at radius 2 is 2.29 bits per heavy atom. The Hall–Kier alpha value is -0.540. The number of aromatic nitrogens is 2. The zero-order valence-corrected chi connectivity index (χ0v) is 9.25. The average Bonchev–Trinajstić information content (AvgIpc) is 2.45. The van der Waals surface area contributed by atoms with Crippen LogP contribution in [0.5, 0.6) is 0 Å². The normalized spacial score (nSPS) is 21.4. The molecule has 2 rings (SSSR count). The number of aliphatic hydroxyl groups is 1. The third-order valence-corrected chi connectivity index (χ3v) is 2.96. The summed E-state index contributed by atoms with van der Waals surface area (Å²) in [4.78, 5) is 4.31. The molecule has 1 unspecified atom stereocenters. The van der Waals surface area contributed by atoms with Crippen molar-refractivity contribution in [3.05, 3.63) is 16.7 Å². The topological polar surface area (TPSA) is 38.0 Å². The molecule has 0 bridgehead atoms. The maximum absolute atomic E-state index is 9.79. The van der Waals surface area contributed by atoms with Gasteiger partial charge in [0.15, 0.2) is 5.15 Å². The Labute approximate surface area is 88.7 Å². The van der Waals surface area contributed by atoms with Gasteiger partial charge in [-0.3, -0.25) is 0 Å². The zero-order valence-electron chi connectivity index (χ0n) is 8.50. The lowest BCUT2D eigenvalue weighted by molar-refractivity contribution is 0.138. The van der Waals surface area contributed by atoms with Gasteiger partial charge in [0.25, 0.3) is 0 Å². The van der Waals surface area contributed by atoms with E-state index in [9.17, 15) is 5.11 Å². The molecule has 1 aromatic heterocycles. The molecular weight excluding hydrogens is 200 g/mol. The van der Waals surface area contributed by atoms with E-state index in [1.54, 1.807) is 0 Å². The summed E-state index contributed by atoms with van der Waals surface area (Å²) in [6, 6.07) is 0. The first-order valence-electron chi connectivity index (χ1n) is 5.05. The Morgan fingerprint density at radius 3 is 2.93 bits per heavy atom. The van der Waals surface area contributed by atoms with Crippen molar-refractivity contribution in [2.24, 2.45) is 0 Å². The van der Waals surface area contributed by atoms with Crippen molar-refractivity contribution in [1.29, 1.82) is 0 Å². The van der Waals surface area contributed by atoms with E-state index in [4.69, 9.17) is 11.6 Å². The van der Waals surface area contributed by atoms with Crippen LogP contribution in [0.2, 0.25) is 5.15 Å². The van der Waals surface area contributed by atoms with Crippen LogP contribution in [0, 0.1) is 0 Å². The molecule has 0 radical (unpaired) electrons. The molecule has 0 aliphatic carbocycles. The average molecular weight is 215 g/mol. The number of nitrogens with zero attached hydrogens (tertiary/aromatic N) is 2. The Kier molecular flexibility index (Phi) is 2.54. The van der Waals surface area contributed by atoms with Crippen molar-refractivity contribution < 1.29 is 5.11 Å². The Morgan fingerprint density at radius 1 is 1.57 bits per heavy atom. The molecule has 1 aliphatic rings. The van der Waals surface area contributed by atoms with Crippen molar-refractivity contribution in [3.8, 4) is 0 Å². The van der Waals surface area contributed by atoms with Crippen LogP contribution < -0.4 is 0 Å². The minimum atomic E-state index is -0.434. The zero-order chi connectivity index (χ0) is 10.3. The summed E-state index contributed by atoms with van der Waals surface area (Å²) in [5.41, 5.74) is 0.807. The highest BCUT2D eigenvalue weighted by atomic mass is 35.5. The summed E-state index contributed by atoms with van der Waals surface area (Å²) < 4.78 is 2.07. The van der Waals surface area contributed by atoms with Crippen LogP contribution >= 0.6 is 11.6 Å². The van der Waals surface area contributed by atoms with Gasteiger partial charge in [-0.25, -0.2) is 4.98 Å². The minimum absolute atomic E-state index is 0.353. The number of hydrogen-bond donors (Lipinski definition) is 1. The molecule has 4 heteroatoms. The molecule has 1 aromatic rings. The van der Waals surface area contributed by atoms with Gasteiger partial charge < -0.3 is 9.67 Å². The van der Waals surface area contributed by atoms with E-state index in [2.05, 4.69) is 23.4 Å². The molecule has 14 heavy (non-hydrogen) atoms. The molecule has 1 aliphatic heterocycles. The third-order valence-electron chi connectivity index (χ3n) is 2.68. The van der Waals surface area contributed by atoms with Gasteiger partial charge >= 0.3 is 0 Å². The van der Waals surface area contributed by atoms with E-state index < -0.39 is 6.10 Å². The van der Waals surface area contributed by atoms with Gasteiger partial charge in [-0.05, 0) is 12.8 Å². The van der Waals surface area contributed by atoms with Crippen LogP contribution in [0.25, 0.3) is 0 Å². The first kappa shape index (κ1) is 9.99. The standard InChI is InChI=1S/C10H15ClN2O/c1-6(2)10-12-9(11)8-7(14)4-3-5-13(8)10/h6-7,14H,3-5H2,1-2H3. The predicted molar refractivity (Wildman–Crippen MR) is 55.5 cm³/mol. The fraction of sp³-hybridized carbons (Fsp3) is 0.700. The number of rotatable bonds is 1. The van der Waals surface area contributed by atoms with Gasteiger partial charge in [0.1, 0.15) is 5.82 Å². The predicted octanol–water partition coefficient (Wildman–Crippen LogP) is 2.49. The monoisotopic (exact) mass is 214 g/mol. The van der Waals surface area contributed by atoms with Crippen molar-refractivity contribution in [2.45, 2.75) is 45.3 Å². The van der Waals surface area contributed by atoms with Crippen LogP contribution in [-0.4, -0.2) is 14.7 Å². The van der Waals surface area contributed by atoms with Crippen LogP contribution in [0.1, 0.15) is 50.2 Å². The first-order chi connectivity index (χ1) is 6.61. The minimum Gasteiger partial charge on any atom is -0.387 e. The van der Waals surface area contributed by atoms with E-state index in [0.717, 1.165) is 30.9 Å². The molecule has 1 atom stereocenters. The summed E-state index contributed by atoms with van der Waals surface area (Å²) in [5, 5.41) is 10.3. The second-order valence-electron chi connectivity index (χ2n) is 4.11. The molecule has 0 fully saturated rings. The number of hydrogen-bond acceptors (Lipinski definition) is 2. The molecule has 0 saturated heterocycles. The van der Waals surface area contributed by atoms with Crippen molar-refractivity contribution in [1.82, 2.24) is 9.55 Å². The summed E-state index contributed by atoms with van der Waals surface area (Å²) in [6.45, 7) is 5.11. The van der Waals surface area contributed by atoms with Crippen molar-refractivity contribution in [2.75, 3.05) is 0 Å². The lowest BCUT2D eigenvalue weighted by Crippen LogP contribution is -2.17. The van der Waals surface area contributed by atoms with Gasteiger partial charge in [-0.1, -0.05) is 25.4 Å². The van der Waals surface area contributed by atoms with E-state index >= 15 is 0 Å². The smallest absolute Gasteiger partial charge is 0.153 e. The molecule has 0 amide bonds. The molecule has 0 saturated carbocycles.